The highest BCUT2D eigenvalue weighted by molar-refractivity contribution is 7.99. The third-order valence-electron chi connectivity index (χ3n) is 4.08. The van der Waals surface area contributed by atoms with Crippen LogP contribution in [0.25, 0.3) is 0 Å². The van der Waals surface area contributed by atoms with E-state index < -0.39 is 0 Å². The van der Waals surface area contributed by atoms with Crippen molar-refractivity contribution >= 4 is 23.6 Å². The number of carbonyl (C=O) groups is 1. The molecule has 132 valence electrons. The summed E-state index contributed by atoms with van der Waals surface area (Å²) in [7, 11) is 3.51. The number of likely N-dealkylation sites (N-methyl/N-ethyl adjacent to an activating group) is 1. The largest absolute Gasteiger partial charge is 0.356 e. The number of guanidine groups is 1. The number of hydrogen-bond donors (Lipinski definition) is 2. The molecule has 6 heteroatoms. The molecule has 0 bridgehead atoms. The second-order valence-electron chi connectivity index (χ2n) is 6.26. The molecule has 1 fully saturated rings. The molecule has 5 nitrogen and oxygen atoms in total. The molecule has 2 atom stereocenters. The normalized spacial score (nSPS) is 21.6. The van der Waals surface area contributed by atoms with Crippen molar-refractivity contribution in [2.45, 2.75) is 38.6 Å². The Balaban J connectivity index is 2.53. The van der Waals surface area contributed by atoms with E-state index in [9.17, 15) is 4.79 Å². The standard InChI is InChI=1S/C17H32N4OS/c1-5-11-23-12-10-18-17(19-13-16(22)21(3)4)20-15-9-7-6-8-14(15)2/h5,14-15H,1,6-13H2,2-4H3,(H2,18,19,20). The van der Waals surface area contributed by atoms with Crippen LogP contribution in [0, 0.1) is 5.92 Å². The van der Waals surface area contributed by atoms with E-state index in [1.807, 2.05) is 17.8 Å². The first kappa shape index (κ1) is 19.9. The number of carbonyl (C=O) groups excluding carboxylic acids is 1. The highest BCUT2D eigenvalue weighted by atomic mass is 32.2. The fourth-order valence-electron chi connectivity index (χ4n) is 2.56. The summed E-state index contributed by atoms with van der Waals surface area (Å²) in [6, 6.07) is 0.449. The van der Waals surface area contributed by atoms with Gasteiger partial charge < -0.3 is 15.5 Å². The second-order valence-corrected chi connectivity index (χ2v) is 7.41. The first-order chi connectivity index (χ1) is 11.0. The Kier molecular flexibility index (Phi) is 9.83. The average molecular weight is 341 g/mol. The van der Waals surface area contributed by atoms with Gasteiger partial charge >= 0.3 is 0 Å². The minimum atomic E-state index is 0.0174. The van der Waals surface area contributed by atoms with Gasteiger partial charge in [-0.2, -0.15) is 11.8 Å². The minimum absolute atomic E-state index is 0.0174. The van der Waals surface area contributed by atoms with Crippen LogP contribution in [0.15, 0.2) is 17.6 Å². The molecule has 0 aromatic heterocycles. The number of nitrogens with one attached hydrogen (secondary N) is 2. The lowest BCUT2D eigenvalue weighted by Gasteiger charge is -2.31. The first-order valence-corrected chi connectivity index (χ1v) is 9.63. The van der Waals surface area contributed by atoms with Crippen molar-refractivity contribution < 1.29 is 4.79 Å². The summed E-state index contributed by atoms with van der Waals surface area (Å²) in [5.74, 6) is 3.38. The van der Waals surface area contributed by atoms with Gasteiger partial charge in [0.05, 0.1) is 0 Å². The Morgan fingerprint density at radius 1 is 1.39 bits per heavy atom. The number of thioether (sulfide) groups is 1. The molecular formula is C17H32N4OS. The molecule has 1 saturated carbocycles. The van der Waals surface area contributed by atoms with Crippen LogP contribution in [0.2, 0.25) is 0 Å². The molecule has 1 aliphatic carbocycles. The van der Waals surface area contributed by atoms with Crippen LogP contribution in [-0.4, -0.2) is 61.5 Å². The van der Waals surface area contributed by atoms with Crippen molar-refractivity contribution in [2.75, 3.05) is 38.7 Å². The van der Waals surface area contributed by atoms with Crippen molar-refractivity contribution in [1.29, 1.82) is 0 Å². The summed E-state index contributed by atoms with van der Waals surface area (Å²) >= 11 is 1.83. The third kappa shape index (κ3) is 8.30. The molecule has 0 aliphatic heterocycles. The van der Waals surface area contributed by atoms with Gasteiger partial charge in [0.25, 0.3) is 0 Å². The molecule has 1 aliphatic rings. The second kappa shape index (κ2) is 11.4. The fourth-order valence-corrected chi connectivity index (χ4v) is 3.13. The van der Waals surface area contributed by atoms with Crippen LogP contribution >= 0.6 is 11.8 Å². The van der Waals surface area contributed by atoms with Gasteiger partial charge in [0.1, 0.15) is 6.54 Å². The molecule has 0 spiro atoms. The topological polar surface area (TPSA) is 56.7 Å². The molecule has 0 aromatic rings. The van der Waals surface area contributed by atoms with E-state index in [1.165, 1.54) is 25.7 Å². The van der Waals surface area contributed by atoms with Gasteiger partial charge in [0.2, 0.25) is 5.91 Å². The Morgan fingerprint density at radius 2 is 2.13 bits per heavy atom. The maximum absolute atomic E-state index is 11.8. The summed E-state index contributed by atoms with van der Waals surface area (Å²) < 4.78 is 0. The predicted molar refractivity (Wildman–Crippen MR) is 101 cm³/mol. The molecule has 0 saturated heterocycles. The number of nitrogens with zero attached hydrogens (tertiary/aromatic N) is 2. The van der Waals surface area contributed by atoms with Gasteiger partial charge in [-0.25, -0.2) is 4.99 Å². The summed E-state index contributed by atoms with van der Waals surface area (Å²) in [5, 5.41) is 6.88. The van der Waals surface area contributed by atoms with Crippen LogP contribution in [0.1, 0.15) is 32.6 Å². The number of aliphatic imine (C=N–C) groups is 1. The summed E-state index contributed by atoms with van der Waals surface area (Å²) in [4.78, 5) is 17.8. The first-order valence-electron chi connectivity index (χ1n) is 8.48. The zero-order chi connectivity index (χ0) is 17.1. The highest BCUT2D eigenvalue weighted by Gasteiger charge is 2.22. The molecule has 2 unspecified atom stereocenters. The van der Waals surface area contributed by atoms with Gasteiger partial charge in [-0.15, -0.1) is 6.58 Å². The van der Waals surface area contributed by atoms with Crippen molar-refractivity contribution in [3.63, 3.8) is 0 Å². The van der Waals surface area contributed by atoms with Crippen LogP contribution in [0.4, 0.5) is 0 Å². The van der Waals surface area contributed by atoms with E-state index in [-0.39, 0.29) is 12.5 Å². The Morgan fingerprint density at radius 3 is 2.78 bits per heavy atom. The predicted octanol–water partition coefficient (Wildman–Crippen LogP) is 2.11. The number of amides is 1. The molecule has 2 N–H and O–H groups in total. The molecule has 1 amide bonds. The van der Waals surface area contributed by atoms with E-state index in [0.29, 0.717) is 12.0 Å². The molecule has 1 rings (SSSR count). The monoisotopic (exact) mass is 340 g/mol. The van der Waals surface area contributed by atoms with E-state index in [1.54, 1.807) is 19.0 Å². The zero-order valence-electron chi connectivity index (χ0n) is 14.8. The quantitative estimate of drug-likeness (QED) is 0.307. The zero-order valence-corrected chi connectivity index (χ0v) is 15.6. The van der Waals surface area contributed by atoms with E-state index in [0.717, 1.165) is 24.0 Å². The lowest BCUT2D eigenvalue weighted by atomic mass is 9.86. The maximum atomic E-state index is 11.8. The van der Waals surface area contributed by atoms with Crippen LogP contribution in [-0.2, 0) is 4.79 Å². The van der Waals surface area contributed by atoms with Crippen LogP contribution in [0.3, 0.4) is 0 Å². The third-order valence-corrected chi connectivity index (χ3v) is 5.04. The van der Waals surface area contributed by atoms with Gasteiger partial charge in [0, 0.05) is 38.2 Å². The molecular weight excluding hydrogens is 308 g/mol. The number of hydrogen-bond acceptors (Lipinski definition) is 3. The minimum Gasteiger partial charge on any atom is -0.356 e. The van der Waals surface area contributed by atoms with Gasteiger partial charge in [-0.1, -0.05) is 25.8 Å². The van der Waals surface area contributed by atoms with Gasteiger partial charge in [0.15, 0.2) is 5.96 Å². The van der Waals surface area contributed by atoms with E-state index >= 15 is 0 Å². The lowest BCUT2D eigenvalue weighted by molar-refractivity contribution is -0.127. The van der Waals surface area contributed by atoms with Crippen molar-refractivity contribution in [1.82, 2.24) is 15.5 Å². The van der Waals surface area contributed by atoms with E-state index in [2.05, 4.69) is 29.1 Å². The lowest BCUT2D eigenvalue weighted by Crippen LogP contribution is -2.48. The van der Waals surface area contributed by atoms with E-state index in [4.69, 9.17) is 0 Å². The summed E-state index contributed by atoms with van der Waals surface area (Å²) in [5.41, 5.74) is 0. The Labute approximate surface area is 145 Å². The van der Waals surface area contributed by atoms with Gasteiger partial charge in [-0.05, 0) is 18.8 Å². The SMILES string of the molecule is C=CCSCCNC(=NCC(=O)N(C)C)NC1CCCCC1C. The van der Waals surface area contributed by atoms with Crippen LogP contribution in [0.5, 0.6) is 0 Å². The van der Waals surface area contributed by atoms with Crippen molar-refractivity contribution in [3.05, 3.63) is 12.7 Å². The summed E-state index contributed by atoms with van der Waals surface area (Å²) in [6.07, 6.45) is 6.93. The smallest absolute Gasteiger partial charge is 0.243 e. The highest BCUT2D eigenvalue weighted by Crippen LogP contribution is 2.23. The fraction of sp³-hybridized carbons (Fsp3) is 0.765. The van der Waals surface area contributed by atoms with Crippen molar-refractivity contribution in [3.8, 4) is 0 Å². The summed E-state index contributed by atoms with van der Waals surface area (Å²) in [6.45, 7) is 7.03. The van der Waals surface area contributed by atoms with Gasteiger partial charge in [-0.3, -0.25) is 4.79 Å². The average Bonchev–Trinajstić information content (AvgIpc) is 2.53. The molecule has 0 heterocycles. The maximum Gasteiger partial charge on any atom is 0.243 e. The molecule has 0 aromatic carbocycles. The van der Waals surface area contributed by atoms with Crippen molar-refractivity contribution in [2.24, 2.45) is 10.9 Å². The Bertz CT molecular complexity index is 398. The number of rotatable bonds is 8. The molecule has 0 radical (unpaired) electrons. The Hall–Kier alpha value is -1.17. The van der Waals surface area contributed by atoms with Crippen LogP contribution < -0.4 is 10.6 Å². The molecule has 23 heavy (non-hydrogen) atoms.